The van der Waals surface area contributed by atoms with E-state index in [0.717, 1.165) is 28.8 Å². The average molecular weight is 282 g/mol. The van der Waals surface area contributed by atoms with E-state index in [2.05, 4.69) is 33.6 Å². The number of nitrogens with one attached hydrogen (secondary N) is 1. The number of fused-ring (bicyclic) bond motifs is 1. The fourth-order valence-electron chi connectivity index (χ4n) is 2.13. The molecule has 2 aromatic heterocycles. The van der Waals surface area contributed by atoms with Gasteiger partial charge in [-0.25, -0.2) is 14.8 Å². The zero-order valence-corrected chi connectivity index (χ0v) is 12.5. The Labute approximate surface area is 123 Å². The van der Waals surface area contributed by atoms with E-state index in [1.807, 2.05) is 6.20 Å². The van der Waals surface area contributed by atoms with Crippen molar-refractivity contribution in [2.75, 3.05) is 0 Å². The van der Waals surface area contributed by atoms with E-state index >= 15 is 0 Å². The van der Waals surface area contributed by atoms with Gasteiger partial charge in [0, 0.05) is 11.8 Å². The number of H-pyrrole nitrogens is 1. The number of carbonyl (C=O) groups is 1. The van der Waals surface area contributed by atoms with Crippen LogP contribution in [-0.4, -0.2) is 20.7 Å². The Balaban J connectivity index is 2.32. The van der Waals surface area contributed by atoms with E-state index in [0.29, 0.717) is 12.3 Å². The SMILES string of the molecule is [C-]#[N+]/C(=C\Cc1c[nH]c2ncc(CC(C)C)nc12)C(C)=O. The molecule has 2 aromatic rings. The first-order valence-corrected chi connectivity index (χ1v) is 6.91. The van der Waals surface area contributed by atoms with Crippen molar-refractivity contribution in [2.45, 2.75) is 33.6 Å². The molecule has 0 aliphatic rings. The molecule has 108 valence electrons. The maximum Gasteiger partial charge on any atom is 0.225 e. The average Bonchev–Trinajstić information content (AvgIpc) is 2.81. The first-order valence-electron chi connectivity index (χ1n) is 6.91. The minimum absolute atomic E-state index is 0.163. The molecule has 0 saturated carbocycles. The van der Waals surface area contributed by atoms with Crippen molar-refractivity contribution in [3.8, 4) is 0 Å². The molecule has 5 heteroatoms. The zero-order valence-electron chi connectivity index (χ0n) is 12.5. The van der Waals surface area contributed by atoms with Gasteiger partial charge in [-0.3, -0.25) is 0 Å². The predicted octanol–water partition coefficient (Wildman–Crippen LogP) is 3.09. The minimum Gasteiger partial charge on any atom is -0.345 e. The molecule has 5 nitrogen and oxygen atoms in total. The Morgan fingerprint density at radius 1 is 1.52 bits per heavy atom. The molecule has 0 amide bonds. The molecule has 2 rings (SSSR count). The normalized spacial score (nSPS) is 11.9. The number of ketones is 1. The van der Waals surface area contributed by atoms with Crippen molar-refractivity contribution in [3.63, 3.8) is 0 Å². The smallest absolute Gasteiger partial charge is 0.225 e. The van der Waals surface area contributed by atoms with E-state index < -0.39 is 0 Å². The second kappa shape index (κ2) is 6.31. The van der Waals surface area contributed by atoms with Crippen LogP contribution in [0.25, 0.3) is 16.0 Å². The molecule has 2 heterocycles. The van der Waals surface area contributed by atoms with Crippen LogP contribution >= 0.6 is 0 Å². The third-order valence-electron chi connectivity index (χ3n) is 3.12. The van der Waals surface area contributed by atoms with Gasteiger partial charge >= 0.3 is 0 Å². The van der Waals surface area contributed by atoms with Gasteiger partial charge in [-0.2, -0.15) is 0 Å². The van der Waals surface area contributed by atoms with Crippen LogP contribution in [0.2, 0.25) is 0 Å². The van der Waals surface area contributed by atoms with Crippen LogP contribution in [-0.2, 0) is 17.6 Å². The van der Waals surface area contributed by atoms with Crippen molar-refractivity contribution < 1.29 is 4.79 Å². The molecule has 0 unspecified atom stereocenters. The molecular weight excluding hydrogens is 264 g/mol. The Hall–Kier alpha value is -2.48. The van der Waals surface area contributed by atoms with Gasteiger partial charge in [0.25, 0.3) is 0 Å². The molecule has 0 aliphatic carbocycles. The summed E-state index contributed by atoms with van der Waals surface area (Å²) in [4.78, 5) is 26.6. The van der Waals surface area contributed by atoms with Gasteiger partial charge in [0.2, 0.25) is 5.70 Å². The molecule has 0 saturated heterocycles. The summed E-state index contributed by atoms with van der Waals surface area (Å²) in [6.45, 7) is 12.7. The maximum atomic E-state index is 11.3. The lowest BCUT2D eigenvalue weighted by Gasteiger charge is -2.03. The second-order valence-electron chi connectivity index (χ2n) is 5.43. The third kappa shape index (κ3) is 3.54. The molecule has 21 heavy (non-hydrogen) atoms. The number of nitrogens with zero attached hydrogens (tertiary/aromatic N) is 3. The number of Topliss-reactive ketones (excluding diaryl/α,β-unsaturated/α-hetero) is 1. The predicted molar refractivity (Wildman–Crippen MR) is 81.5 cm³/mol. The summed E-state index contributed by atoms with van der Waals surface area (Å²) in [6.07, 6.45) is 6.65. The number of rotatable bonds is 5. The van der Waals surface area contributed by atoms with Crippen LogP contribution in [0.15, 0.2) is 24.2 Å². The number of hydrogen-bond donors (Lipinski definition) is 1. The summed E-state index contributed by atoms with van der Waals surface area (Å²) in [5.41, 5.74) is 3.62. The fourth-order valence-corrected chi connectivity index (χ4v) is 2.13. The number of hydrogen-bond acceptors (Lipinski definition) is 3. The zero-order chi connectivity index (χ0) is 15.4. The van der Waals surface area contributed by atoms with Gasteiger partial charge in [0.15, 0.2) is 11.4 Å². The summed E-state index contributed by atoms with van der Waals surface area (Å²) in [5.74, 6) is 0.307. The van der Waals surface area contributed by atoms with Crippen molar-refractivity contribution in [1.29, 1.82) is 0 Å². The Morgan fingerprint density at radius 3 is 2.90 bits per heavy atom. The number of aromatic nitrogens is 3. The summed E-state index contributed by atoms with van der Waals surface area (Å²) in [5, 5.41) is 0. The molecule has 0 spiro atoms. The van der Waals surface area contributed by atoms with Gasteiger partial charge < -0.3 is 9.78 Å². The maximum absolute atomic E-state index is 11.3. The second-order valence-corrected chi connectivity index (χ2v) is 5.43. The molecule has 1 N–H and O–H groups in total. The molecular formula is C16H18N4O. The molecule has 0 radical (unpaired) electrons. The van der Waals surface area contributed by atoms with Crippen LogP contribution in [0.4, 0.5) is 0 Å². The van der Waals surface area contributed by atoms with Crippen LogP contribution in [0.5, 0.6) is 0 Å². The molecule has 0 aliphatic heterocycles. The molecule has 0 fully saturated rings. The first-order chi connectivity index (χ1) is 10.0. The minimum atomic E-state index is -0.212. The lowest BCUT2D eigenvalue weighted by Crippen LogP contribution is -1.99. The monoisotopic (exact) mass is 282 g/mol. The van der Waals surface area contributed by atoms with E-state index in [1.54, 1.807) is 12.3 Å². The summed E-state index contributed by atoms with van der Waals surface area (Å²) >= 11 is 0. The van der Waals surface area contributed by atoms with Gasteiger partial charge in [-0.1, -0.05) is 19.9 Å². The first kappa shape index (κ1) is 14.9. The van der Waals surface area contributed by atoms with Gasteiger partial charge in [-0.05, 0) is 25.7 Å². The van der Waals surface area contributed by atoms with E-state index in [-0.39, 0.29) is 11.5 Å². The van der Waals surface area contributed by atoms with Gasteiger partial charge in [-0.15, -0.1) is 0 Å². The van der Waals surface area contributed by atoms with E-state index in [1.165, 1.54) is 6.92 Å². The van der Waals surface area contributed by atoms with Crippen molar-refractivity contribution in [3.05, 3.63) is 46.8 Å². The highest BCUT2D eigenvalue weighted by molar-refractivity contribution is 5.95. The highest BCUT2D eigenvalue weighted by atomic mass is 16.1. The molecule has 0 aromatic carbocycles. The van der Waals surface area contributed by atoms with E-state index in [4.69, 9.17) is 6.57 Å². The number of carbonyl (C=O) groups excluding carboxylic acids is 1. The highest BCUT2D eigenvalue weighted by Crippen LogP contribution is 2.17. The van der Waals surface area contributed by atoms with Crippen LogP contribution in [0.1, 0.15) is 32.0 Å². The molecule has 0 bridgehead atoms. The van der Waals surface area contributed by atoms with Gasteiger partial charge in [0.05, 0.1) is 18.5 Å². The largest absolute Gasteiger partial charge is 0.345 e. The topological polar surface area (TPSA) is 63.0 Å². The highest BCUT2D eigenvalue weighted by Gasteiger charge is 2.09. The fraction of sp³-hybridized carbons (Fsp3) is 0.375. The number of aromatic amines is 1. The van der Waals surface area contributed by atoms with Crippen LogP contribution < -0.4 is 0 Å². The van der Waals surface area contributed by atoms with Gasteiger partial charge in [0.1, 0.15) is 5.52 Å². The lowest BCUT2D eigenvalue weighted by molar-refractivity contribution is -0.113. The number of allylic oxidation sites excluding steroid dienone is 2. The van der Waals surface area contributed by atoms with E-state index in [9.17, 15) is 4.79 Å². The lowest BCUT2D eigenvalue weighted by atomic mass is 10.1. The molecule has 0 atom stereocenters. The third-order valence-corrected chi connectivity index (χ3v) is 3.12. The summed E-state index contributed by atoms with van der Waals surface area (Å²) in [6, 6.07) is 0. The van der Waals surface area contributed by atoms with Crippen LogP contribution in [0, 0.1) is 12.5 Å². The van der Waals surface area contributed by atoms with Crippen molar-refractivity contribution >= 4 is 16.9 Å². The standard InChI is InChI=1S/C16H18N4O/c1-10(2)7-13-9-19-16-15(20-13)12(8-18-16)5-6-14(17-4)11(3)21/h6,8-10H,5,7H2,1-3H3,(H,18,19)/b14-6-. The summed E-state index contributed by atoms with van der Waals surface area (Å²) < 4.78 is 0. The summed E-state index contributed by atoms with van der Waals surface area (Å²) in [7, 11) is 0. The Bertz CT molecular complexity index is 734. The Morgan fingerprint density at radius 2 is 2.29 bits per heavy atom. The quantitative estimate of drug-likeness (QED) is 0.677. The van der Waals surface area contributed by atoms with Crippen LogP contribution in [0.3, 0.4) is 0 Å². The van der Waals surface area contributed by atoms with Crippen molar-refractivity contribution in [1.82, 2.24) is 15.0 Å². The van der Waals surface area contributed by atoms with Crippen molar-refractivity contribution in [2.24, 2.45) is 5.92 Å². The Kier molecular flexibility index (Phi) is 4.49.